The number of nitrogens with one attached hydrogen (secondary N) is 2. The van der Waals surface area contributed by atoms with Crippen molar-refractivity contribution < 1.29 is 9.59 Å². The molecule has 1 aromatic heterocycles. The minimum absolute atomic E-state index is 0.121. The van der Waals surface area contributed by atoms with Crippen LogP contribution in [0.4, 0.5) is 5.69 Å². The second-order valence-corrected chi connectivity index (χ2v) is 6.71. The summed E-state index contributed by atoms with van der Waals surface area (Å²) in [6, 6.07) is 19.2. The standard InChI is InChI=1S/C22H19N3O3/c26-20(15-5-2-1-3-6-15)23-17-10-12-18(13-11-17)25-14-4-7-19(22(25)28)21(27)24-16-8-9-16/h1-7,10-14,16H,8-9H2,(H,23,26)(H,24,27). The van der Waals surface area contributed by atoms with Gasteiger partial charge in [-0.3, -0.25) is 19.0 Å². The van der Waals surface area contributed by atoms with Gasteiger partial charge in [0.1, 0.15) is 5.56 Å². The van der Waals surface area contributed by atoms with E-state index >= 15 is 0 Å². The highest BCUT2D eigenvalue weighted by atomic mass is 16.2. The van der Waals surface area contributed by atoms with Gasteiger partial charge in [-0.15, -0.1) is 0 Å². The third-order valence-electron chi connectivity index (χ3n) is 4.54. The number of benzene rings is 2. The molecule has 1 heterocycles. The van der Waals surface area contributed by atoms with Crippen molar-refractivity contribution in [2.75, 3.05) is 5.32 Å². The molecule has 0 radical (unpaired) electrons. The Kier molecular flexibility index (Phi) is 4.76. The van der Waals surface area contributed by atoms with Gasteiger partial charge in [-0.05, 0) is 61.4 Å². The summed E-state index contributed by atoms with van der Waals surface area (Å²) in [6.07, 6.45) is 3.54. The molecule has 0 bridgehead atoms. The lowest BCUT2D eigenvalue weighted by atomic mass is 10.2. The number of amides is 2. The monoisotopic (exact) mass is 373 g/mol. The first-order chi connectivity index (χ1) is 13.6. The highest BCUT2D eigenvalue weighted by Gasteiger charge is 2.25. The van der Waals surface area contributed by atoms with Gasteiger partial charge in [-0.25, -0.2) is 0 Å². The van der Waals surface area contributed by atoms with Gasteiger partial charge in [-0.2, -0.15) is 0 Å². The van der Waals surface area contributed by atoms with Crippen LogP contribution in [0.2, 0.25) is 0 Å². The predicted molar refractivity (Wildman–Crippen MR) is 107 cm³/mol. The number of hydrogen-bond donors (Lipinski definition) is 2. The molecule has 3 aromatic rings. The summed E-state index contributed by atoms with van der Waals surface area (Å²) in [5.74, 6) is -0.544. The van der Waals surface area contributed by atoms with Crippen molar-refractivity contribution in [3.05, 3.63) is 94.4 Å². The molecule has 0 spiro atoms. The molecule has 28 heavy (non-hydrogen) atoms. The van der Waals surface area contributed by atoms with Gasteiger partial charge in [0.15, 0.2) is 0 Å². The summed E-state index contributed by atoms with van der Waals surface area (Å²) in [6.45, 7) is 0. The van der Waals surface area contributed by atoms with E-state index in [1.54, 1.807) is 60.8 Å². The number of carbonyl (C=O) groups is 2. The van der Waals surface area contributed by atoms with Crippen LogP contribution in [0.15, 0.2) is 77.7 Å². The van der Waals surface area contributed by atoms with Crippen molar-refractivity contribution in [1.82, 2.24) is 9.88 Å². The topological polar surface area (TPSA) is 80.2 Å². The summed E-state index contributed by atoms with van der Waals surface area (Å²) >= 11 is 0. The predicted octanol–water partition coefficient (Wildman–Crippen LogP) is 2.98. The Bertz CT molecular complexity index is 1070. The van der Waals surface area contributed by atoms with E-state index in [0.717, 1.165) is 12.8 Å². The van der Waals surface area contributed by atoms with E-state index in [2.05, 4.69) is 10.6 Å². The molecular formula is C22H19N3O3. The van der Waals surface area contributed by atoms with Gasteiger partial charge in [0.05, 0.1) is 0 Å². The number of nitrogens with zero attached hydrogens (tertiary/aromatic N) is 1. The number of rotatable bonds is 5. The van der Waals surface area contributed by atoms with Crippen LogP contribution in [0.5, 0.6) is 0 Å². The molecule has 1 fully saturated rings. The van der Waals surface area contributed by atoms with Crippen LogP contribution in [0.25, 0.3) is 5.69 Å². The van der Waals surface area contributed by atoms with Crippen LogP contribution >= 0.6 is 0 Å². The highest BCUT2D eigenvalue weighted by molar-refractivity contribution is 6.04. The summed E-state index contributed by atoms with van der Waals surface area (Å²) in [4.78, 5) is 37.2. The van der Waals surface area contributed by atoms with E-state index in [4.69, 9.17) is 0 Å². The first kappa shape index (κ1) is 17.7. The molecule has 2 amide bonds. The van der Waals surface area contributed by atoms with Gasteiger partial charge >= 0.3 is 0 Å². The third-order valence-corrected chi connectivity index (χ3v) is 4.54. The van der Waals surface area contributed by atoms with Gasteiger partial charge < -0.3 is 10.6 Å². The molecule has 0 aliphatic heterocycles. The molecule has 1 saturated carbocycles. The number of hydrogen-bond acceptors (Lipinski definition) is 3. The zero-order valence-corrected chi connectivity index (χ0v) is 15.1. The van der Waals surface area contributed by atoms with E-state index in [0.29, 0.717) is 16.9 Å². The maximum atomic E-state index is 12.7. The summed E-state index contributed by atoms with van der Waals surface area (Å²) in [5.41, 5.74) is 1.55. The zero-order valence-electron chi connectivity index (χ0n) is 15.1. The van der Waals surface area contributed by atoms with Crippen molar-refractivity contribution >= 4 is 17.5 Å². The van der Waals surface area contributed by atoms with Crippen LogP contribution in [-0.2, 0) is 0 Å². The zero-order chi connectivity index (χ0) is 19.5. The minimum Gasteiger partial charge on any atom is -0.349 e. The van der Waals surface area contributed by atoms with E-state index in [1.807, 2.05) is 6.07 Å². The summed E-state index contributed by atoms with van der Waals surface area (Å²) in [5, 5.41) is 5.66. The maximum Gasteiger partial charge on any atom is 0.267 e. The number of aromatic nitrogens is 1. The molecule has 2 N–H and O–H groups in total. The van der Waals surface area contributed by atoms with Crippen LogP contribution in [0.3, 0.4) is 0 Å². The molecule has 1 aliphatic carbocycles. The SMILES string of the molecule is O=C(Nc1ccc(-n2cccc(C(=O)NC3CC3)c2=O)cc1)c1ccccc1. The van der Waals surface area contributed by atoms with Crippen molar-refractivity contribution in [1.29, 1.82) is 0 Å². The van der Waals surface area contributed by atoms with Crippen LogP contribution in [0.1, 0.15) is 33.6 Å². The Hall–Kier alpha value is -3.67. The second-order valence-electron chi connectivity index (χ2n) is 6.71. The first-order valence-electron chi connectivity index (χ1n) is 9.11. The molecule has 2 aromatic carbocycles. The van der Waals surface area contributed by atoms with Gasteiger partial charge in [-0.1, -0.05) is 18.2 Å². The normalized spacial score (nSPS) is 13.0. The molecular weight excluding hydrogens is 354 g/mol. The van der Waals surface area contributed by atoms with Crippen LogP contribution in [0, 0.1) is 0 Å². The summed E-state index contributed by atoms with van der Waals surface area (Å²) in [7, 11) is 0. The summed E-state index contributed by atoms with van der Waals surface area (Å²) < 4.78 is 1.42. The molecule has 0 saturated heterocycles. The maximum absolute atomic E-state index is 12.7. The number of pyridine rings is 1. The molecule has 6 heteroatoms. The number of anilines is 1. The van der Waals surface area contributed by atoms with E-state index < -0.39 is 0 Å². The van der Waals surface area contributed by atoms with Crippen molar-refractivity contribution in [2.45, 2.75) is 18.9 Å². The highest BCUT2D eigenvalue weighted by Crippen LogP contribution is 2.19. The minimum atomic E-state index is -0.373. The molecule has 4 rings (SSSR count). The second kappa shape index (κ2) is 7.52. The average Bonchev–Trinajstić information content (AvgIpc) is 3.53. The van der Waals surface area contributed by atoms with Gasteiger partial charge in [0.25, 0.3) is 17.4 Å². The lowest BCUT2D eigenvalue weighted by Gasteiger charge is -2.10. The Labute approximate surface area is 161 Å². The molecule has 0 atom stereocenters. The van der Waals surface area contributed by atoms with Crippen molar-refractivity contribution in [2.24, 2.45) is 0 Å². The van der Waals surface area contributed by atoms with E-state index in [1.165, 1.54) is 10.6 Å². The largest absolute Gasteiger partial charge is 0.349 e. The third kappa shape index (κ3) is 3.86. The molecule has 6 nitrogen and oxygen atoms in total. The molecule has 140 valence electrons. The Morgan fingerprint density at radius 3 is 2.25 bits per heavy atom. The molecule has 1 aliphatic rings. The van der Waals surface area contributed by atoms with Crippen molar-refractivity contribution in [3.63, 3.8) is 0 Å². The number of carbonyl (C=O) groups excluding carboxylic acids is 2. The Balaban J connectivity index is 1.53. The Morgan fingerprint density at radius 2 is 1.57 bits per heavy atom. The first-order valence-corrected chi connectivity index (χ1v) is 9.11. The van der Waals surface area contributed by atoms with E-state index in [9.17, 15) is 14.4 Å². The smallest absolute Gasteiger partial charge is 0.267 e. The fourth-order valence-electron chi connectivity index (χ4n) is 2.86. The van der Waals surface area contributed by atoms with E-state index in [-0.39, 0.29) is 29.0 Å². The van der Waals surface area contributed by atoms with Crippen molar-refractivity contribution in [3.8, 4) is 5.69 Å². The van der Waals surface area contributed by atoms with Crippen LogP contribution < -0.4 is 16.2 Å². The Morgan fingerprint density at radius 1 is 0.857 bits per heavy atom. The fraction of sp³-hybridized carbons (Fsp3) is 0.136. The lowest BCUT2D eigenvalue weighted by Crippen LogP contribution is -2.33. The van der Waals surface area contributed by atoms with Crippen LogP contribution in [-0.4, -0.2) is 22.4 Å². The fourth-order valence-corrected chi connectivity index (χ4v) is 2.86. The van der Waals surface area contributed by atoms with Gasteiger partial charge in [0, 0.05) is 29.2 Å². The lowest BCUT2D eigenvalue weighted by molar-refractivity contribution is 0.0948. The molecule has 0 unspecified atom stereocenters. The quantitative estimate of drug-likeness (QED) is 0.722. The van der Waals surface area contributed by atoms with Gasteiger partial charge in [0.2, 0.25) is 0 Å². The average molecular weight is 373 g/mol.